The number of hydrogen-bond acceptors (Lipinski definition) is 5. The molecule has 3 aromatic rings. The molecule has 0 bridgehead atoms. The summed E-state index contributed by atoms with van der Waals surface area (Å²) in [6, 6.07) is 11.7. The number of rotatable bonds is 10. The van der Waals surface area contributed by atoms with Gasteiger partial charge in [-0.3, -0.25) is 19.5 Å². The van der Waals surface area contributed by atoms with Gasteiger partial charge in [0.1, 0.15) is 12.1 Å². The van der Waals surface area contributed by atoms with Crippen LogP contribution in [0, 0.1) is 11.7 Å². The summed E-state index contributed by atoms with van der Waals surface area (Å²) in [5.74, 6) is -1.57. The van der Waals surface area contributed by atoms with Crippen LogP contribution in [0.4, 0.5) is 28.9 Å². The molecule has 1 aliphatic rings. The summed E-state index contributed by atoms with van der Waals surface area (Å²) < 4.78 is 54.9. The number of benzene rings is 2. The van der Waals surface area contributed by atoms with Crippen LogP contribution in [0.3, 0.4) is 0 Å². The molecular weight excluding hydrogens is 516 g/mol. The van der Waals surface area contributed by atoms with E-state index < -0.39 is 35.1 Å². The molecule has 4 rings (SSSR count). The van der Waals surface area contributed by atoms with Crippen molar-refractivity contribution in [3.05, 3.63) is 77.7 Å². The van der Waals surface area contributed by atoms with Gasteiger partial charge in [-0.2, -0.15) is 13.2 Å². The summed E-state index contributed by atoms with van der Waals surface area (Å²) >= 11 is 0. The highest BCUT2D eigenvalue weighted by Gasteiger charge is 2.34. The van der Waals surface area contributed by atoms with Crippen LogP contribution in [0.2, 0.25) is 0 Å². The number of pyridine rings is 1. The minimum Gasteiger partial charge on any atom is -0.324 e. The quantitative estimate of drug-likeness (QED) is 0.265. The summed E-state index contributed by atoms with van der Waals surface area (Å²) in [6.45, 7) is 0.232. The Kier molecular flexibility index (Phi) is 8.70. The molecule has 0 radical (unpaired) electrons. The summed E-state index contributed by atoms with van der Waals surface area (Å²) in [5, 5.41) is 4.80. The molecule has 0 unspecified atom stereocenters. The Hall–Kier alpha value is -4.12. The summed E-state index contributed by atoms with van der Waals surface area (Å²) in [4.78, 5) is 42.2. The van der Waals surface area contributed by atoms with Crippen molar-refractivity contribution < 1.29 is 31.9 Å². The van der Waals surface area contributed by atoms with Gasteiger partial charge in [-0.1, -0.05) is 18.6 Å². The highest BCUT2D eigenvalue weighted by Crippen LogP contribution is 2.35. The van der Waals surface area contributed by atoms with Gasteiger partial charge in [-0.05, 0) is 61.2 Å². The third-order valence-corrected chi connectivity index (χ3v) is 6.47. The van der Waals surface area contributed by atoms with Gasteiger partial charge in [0.15, 0.2) is 0 Å². The molecule has 0 aliphatic heterocycles. The zero-order chi connectivity index (χ0) is 28.0. The van der Waals surface area contributed by atoms with E-state index in [0.717, 1.165) is 37.5 Å². The molecule has 0 spiro atoms. The molecule has 1 aromatic heterocycles. The SMILES string of the molecule is O=CCN(CC(=O)Nc1cc(C(=O)Nc2ccc(-c3ccccc3F)nc2)ccc1C(F)(F)F)CC1CCC1. The maximum Gasteiger partial charge on any atom is 0.418 e. The van der Waals surface area contributed by atoms with E-state index in [9.17, 15) is 31.9 Å². The fourth-order valence-corrected chi connectivity index (χ4v) is 4.28. The highest BCUT2D eigenvalue weighted by atomic mass is 19.4. The van der Waals surface area contributed by atoms with Crippen molar-refractivity contribution in [2.45, 2.75) is 25.4 Å². The molecule has 1 fully saturated rings. The fraction of sp³-hybridized carbons (Fsp3) is 0.286. The first-order valence-corrected chi connectivity index (χ1v) is 12.3. The number of aromatic nitrogens is 1. The molecule has 1 heterocycles. The second kappa shape index (κ2) is 12.2. The van der Waals surface area contributed by atoms with E-state index in [-0.39, 0.29) is 29.9 Å². The zero-order valence-electron chi connectivity index (χ0n) is 20.8. The van der Waals surface area contributed by atoms with Gasteiger partial charge in [0.2, 0.25) is 5.91 Å². The lowest BCUT2D eigenvalue weighted by Gasteiger charge is -2.31. The van der Waals surface area contributed by atoms with Crippen molar-refractivity contribution in [2.24, 2.45) is 5.92 Å². The molecular formula is C28H26F4N4O3. The first kappa shape index (κ1) is 27.9. The van der Waals surface area contributed by atoms with Crippen molar-refractivity contribution in [3.63, 3.8) is 0 Å². The maximum absolute atomic E-state index is 14.0. The van der Waals surface area contributed by atoms with E-state index in [2.05, 4.69) is 15.6 Å². The average Bonchev–Trinajstić information content (AvgIpc) is 2.86. The van der Waals surface area contributed by atoms with Crippen LogP contribution in [-0.4, -0.2) is 47.6 Å². The molecule has 39 heavy (non-hydrogen) atoms. The van der Waals surface area contributed by atoms with Crippen LogP contribution < -0.4 is 10.6 Å². The van der Waals surface area contributed by atoms with E-state index >= 15 is 0 Å². The largest absolute Gasteiger partial charge is 0.418 e. The zero-order valence-corrected chi connectivity index (χ0v) is 20.8. The van der Waals surface area contributed by atoms with Gasteiger partial charge in [0.25, 0.3) is 5.91 Å². The molecule has 2 amide bonds. The van der Waals surface area contributed by atoms with Crippen LogP contribution in [0.1, 0.15) is 35.2 Å². The van der Waals surface area contributed by atoms with Crippen LogP contribution in [-0.2, 0) is 15.8 Å². The van der Waals surface area contributed by atoms with Gasteiger partial charge in [-0.15, -0.1) is 0 Å². The molecule has 11 heteroatoms. The van der Waals surface area contributed by atoms with Crippen LogP contribution in [0.15, 0.2) is 60.8 Å². The lowest BCUT2D eigenvalue weighted by molar-refractivity contribution is -0.137. The number of nitrogens with one attached hydrogen (secondary N) is 2. The summed E-state index contributed by atoms with van der Waals surface area (Å²) in [5.41, 5.74) is -0.946. The Labute approximate surface area is 222 Å². The van der Waals surface area contributed by atoms with Crippen molar-refractivity contribution in [3.8, 4) is 11.3 Å². The van der Waals surface area contributed by atoms with Crippen LogP contribution in [0.25, 0.3) is 11.3 Å². The predicted molar refractivity (Wildman–Crippen MR) is 138 cm³/mol. The maximum atomic E-state index is 14.0. The first-order valence-electron chi connectivity index (χ1n) is 12.3. The Balaban J connectivity index is 1.48. The van der Waals surface area contributed by atoms with Crippen LogP contribution in [0.5, 0.6) is 0 Å². The molecule has 1 aliphatic carbocycles. The molecule has 2 aromatic carbocycles. The van der Waals surface area contributed by atoms with Crippen molar-refractivity contribution in [1.82, 2.24) is 9.88 Å². The van der Waals surface area contributed by atoms with Crippen molar-refractivity contribution in [1.29, 1.82) is 0 Å². The third-order valence-electron chi connectivity index (χ3n) is 6.47. The highest BCUT2D eigenvalue weighted by molar-refractivity contribution is 6.05. The number of aldehydes is 1. The van der Waals surface area contributed by atoms with Crippen molar-refractivity contribution in [2.75, 3.05) is 30.3 Å². The van der Waals surface area contributed by atoms with Crippen molar-refractivity contribution >= 4 is 29.5 Å². The van der Waals surface area contributed by atoms with Gasteiger partial charge in [0.05, 0.1) is 41.9 Å². The minimum atomic E-state index is -4.78. The number of halogens is 4. The first-order chi connectivity index (χ1) is 18.6. The van der Waals surface area contributed by atoms with Gasteiger partial charge >= 0.3 is 6.18 Å². The lowest BCUT2D eigenvalue weighted by atomic mass is 9.85. The smallest absolute Gasteiger partial charge is 0.324 e. The Morgan fingerprint density at radius 3 is 2.44 bits per heavy atom. The number of carbonyl (C=O) groups is 3. The topological polar surface area (TPSA) is 91.4 Å². The second-order valence-corrected chi connectivity index (χ2v) is 9.33. The molecule has 0 atom stereocenters. The number of carbonyl (C=O) groups excluding carboxylic acids is 3. The van der Waals surface area contributed by atoms with Gasteiger partial charge in [0, 0.05) is 17.7 Å². The molecule has 1 saturated carbocycles. The molecule has 2 N–H and O–H groups in total. The Bertz CT molecular complexity index is 1340. The second-order valence-electron chi connectivity index (χ2n) is 9.33. The van der Waals surface area contributed by atoms with E-state index in [1.54, 1.807) is 23.1 Å². The van der Waals surface area contributed by atoms with Gasteiger partial charge in [-0.25, -0.2) is 4.39 Å². The summed E-state index contributed by atoms with van der Waals surface area (Å²) in [6.07, 6.45) is 0.202. The monoisotopic (exact) mass is 542 g/mol. The number of anilines is 2. The minimum absolute atomic E-state index is 0.0117. The molecule has 0 saturated heterocycles. The standard InChI is InChI=1S/C28H26F4N4O3/c29-23-7-2-1-6-21(23)24-11-9-20(15-33-24)34-27(39)19-8-10-22(28(30,31)32)25(14-19)35-26(38)17-36(12-13-37)16-18-4-3-5-18/h1-2,6-11,13-15,18H,3-5,12,16-17H2,(H,34,39)(H,35,38). The Morgan fingerprint density at radius 2 is 1.82 bits per heavy atom. The number of amides is 2. The number of nitrogens with zero attached hydrogens (tertiary/aromatic N) is 2. The normalized spacial score (nSPS) is 13.6. The molecule has 204 valence electrons. The third kappa shape index (κ3) is 7.26. The van der Waals surface area contributed by atoms with Crippen LogP contribution >= 0.6 is 0 Å². The van der Waals surface area contributed by atoms with Gasteiger partial charge < -0.3 is 15.4 Å². The lowest BCUT2D eigenvalue weighted by Crippen LogP contribution is -2.39. The molecule has 7 nitrogen and oxygen atoms in total. The number of alkyl halides is 3. The van der Waals surface area contributed by atoms with E-state index in [0.29, 0.717) is 24.4 Å². The fourth-order valence-electron chi connectivity index (χ4n) is 4.28. The summed E-state index contributed by atoms with van der Waals surface area (Å²) in [7, 11) is 0. The van der Waals surface area contributed by atoms with E-state index in [4.69, 9.17) is 0 Å². The Morgan fingerprint density at radius 1 is 1.05 bits per heavy atom. The van der Waals surface area contributed by atoms with E-state index in [1.807, 2.05) is 0 Å². The average molecular weight is 543 g/mol. The predicted octanol–water partition coefficient (Wildman–Crippen LogP) is 5.40. The number of hydrogen-bond donors (Lipinski definition) is 2. The van der Waals surface area contributed by atoms with E-state index in [1.165, 1.54) is 24.4 Å².